The second-order valence-electron chi connectivity index (χ2n) is 9.60. The smallest absolute Gasteiger partial charge is 0.165 e. The third-order valence-corrected chi connectivity index (χ3v) is 7.55. The third kappa shape index (κ3) is 3.18. The fourth-order valence-corrected chi connectivity index (χ4v) is 6.22. The second-order valence-corrected chi connectivity index (χ2v) is 9.60. The molecule has 4 aliphatic rings. The van der Waals surface area contributed by atoms with Gasteiger partial charge < -0.3 is 25.6 Å². The van der Waals surface area contributed by atoms with E-state index in [1.54, 1.807) is 6.07 Å². The average Bonchev–Trinajstić information content (AvgIpc) is 3.11. The number of ether oxygens (including phenoxy) is 1. The van der Waals surface area contributed by atoms with Gasteiger partial charge in [-0.3, -0.25) is 0 Å². The monoisotopic (exact) mass is 420 g/mol. The van der Waals surface area contributed by atoms with Crippen LogP contribution >= 0.6 is 0 Å². The average molecular weight is 421 g/mol. The number of nitrogens with zero attached hydrogens (tertiary/aromatic N) is 1. The molecule has 6 atom stereocenters. The van der Waals surface area contributed by atoms with Crippen LogP contribution in [0, 0.1) is 5.92 Å². The third-order valence-electron chi connectivity index (χ3n) is 7.55. The van der Waals surface area contributed by atoms with E-state index in [0.717, 1.165) is 25.8 Å². The van der Waals surface area contributed by atoms with Crippen molar-refractivity contribution in [1.29, 1.82) is 0 Å². The first-order chi connectivity index (χ1) is 14.9. The number of aliphatic hydroxyl groups excluding tert-OH is 1. The number of aromatic hydroxyl groups is 1. The van der Waals surface area contributed by atoms with E-state index in [4.69, 9.17) is 10.5 Å². The molecule has 0 aromatic heterocycles. The van der Waals surface area contributed by atoms with Crippen molar-refractivity contribution >= 4 is 0 Å². The minimum absolute atomic E-state index is 0.160. The molecule has 1 unspecified atom stereocenters. The van der Waals surface area contributed by atoms with Crippen LogP contribution in [0.2, 0.25) is 0 Å². The van der Waals surface area contributed by atoms with E-state index in [2.05, 4.69) is 30.2 Å². The number of phenolic OH excluding ortho intramolecular Hbond substituents is 1. The van der Waals surface area contributed by atoms with Gasteiger partial charge in [0.25, 0.3) is 0 Å². The molecule has 0 amide bonds. The number of hydrogen-bond donors (Lipinski definition) is 3. The minimum Gasteiger partial charge on any atom is -0.504 e. The van der Waals surface area contributed by atoms with Crippen LogP contribution in [0.5, 0.6) is 11.5 Å². The number of nitrogens with two attached hydrogens (primary N) is 1. The zero-order chi connectivity index (χ0) is 21.8. The predicted molar refractivity (Wildman–Crippen MR) is 121 cm³/mol. The Hall–Kier alpha value is -2.34. The van der Waals surface area contributed by atoms with Crippen LogP contribution in [0.4, 0.5) is 0 Å². The summed E-state index contributed by atoms with van der Waals surface area (Å²) in [4.78, 5) is 2.43. The van der Waals surface area contributed by atoms with Crippen molar-refractivity contribution in [2.24, 2.45) is 11.7 Å². The van der Waals surface area contributed by atoms with Gasteiger partial charge in [-0.25, -0.2) is 0 Å². The molecule has 2 aromatic carbocycles. The Balaban J connectivity index is 0.000000174. The molecule has 1 fully saturated rings. The summed E-state index contributed by atoms with van der Waals surface area (Å²) in [5, 5.41) is 20.6. The normalized spacial score (nSPS) is 33.0. The quantitative estimate of drug-likeness (QED) is 0.651. The zero-order valence-electron chi connectivity index (χ0n) is 18.2. The largest absolute Gasteiger partial charge is 0.504 e. The molecular weight excluding hydrogens is 388 g/mol. The molecule has 2 heterocycles. The highest BCUT2D eigenvalue weighted by molar-refractivity contribution is 5.61. The minimum atomic E-state index is -0.594. The Kier molecular flexibility index (Phi) is 5.08. The van der Waals surface area contributed by atoms with Gasteiger partial charge in [-0.05, 0) is 57.0 Å². The number of likely N-dealkylation sites (tertiary alicyclic amines) is 1. The fraction of sp³-hybridized carbons (Fsp3) is 0.462. The Labute approximate surface area is 184 Å². The lowest BCUT2D eigenvalue weighted by atomic mass is 9.53. The Bertz CT molecular complexity index is 990. The maximum Gasteiger partial charge on any atom is 0.165 e. The maximum atomic E-state index is 10.4. The summed E-state index contributed by atoms with van der Waals surface area (Å²) < 4.78 is 6.09. The van der Waals surface area contributed by atoms with Crippen LogP contribution in [0.3, 0.4) is 0 Å². The molecule has 0 saturated carbocycles. The van der Waals surface area contributed by atoms with Crippen LogP contribution in [0.1, 0.15) is 30.0 Å². The summed E-state index contributed by atoms with van der Waals surface area (Å²) in [7, 11) is 2.19. The molecule has 1 spiro atoms. The molecular formula is C26H32N2O3. The first kappa shape index (κ1) is 20.6. The maximum absolute atomic E-state index is 10.4. The number of phenols is 1. The van der Waals surface area contributed by atoms with Gasteiger partial charge in [0.1, 0.15) is 12.2 Å². The molecule has 4 N–H and O–H groups in total. The van der Waals surface area contributed by atoms with E-state index in [0.29, 0.717) is 17.7 Å². The van der Waals surface area contributed by atoms with Gasteiger partial charge in [-0.2, -0.15) is 0 Å². The van der Waals surface area contributed by atoms with Crippen molar-refractivity contribution in [1.82, 2.24) is 4.90 Å². The molecule has 2 aliphatic heterocycles. The standard InChI is InChI=1S/C17H19NO3.C9H13N/c1-18-7-6-17-10-3-5-13(20)16(17)21-15-12(19)4-2-9(14(15)17)8-11(10)18;1-8(10)7-9-5-3-2-4-6-9/h2-5,10-11,13,16,19-20H,6-8H2,1H3;2-6,8H,7,10H2,1H3/t10-,11+,13-,16-,17-;/m0./s1. The summed E-state index contributed by atoms with van der Waals surface area (Å²) in [5.41, 5.74) is 9.23. The number of benzene rings is 2. The molecule has 2 aromatic rings. The van der Waals surface area contributed by atoms with Gasteiger partial charge in [-0.15, -0.1) is 0 Å². The second kappa shape index (κ2) is 7.66. The molecule has 1 saturated heterocycles. The summed E-state index contributed by atoms with van der Waals surface area (Å²) in [5.74, 6) is 1.19. The van der Waals surface area contributed by atoms with E-state index >= 15 is 0 Å². The molecule has 2 bridgehead atoms. The van der Waals surface area contributed by atoms with Crippen molar-refractivity contribution in [3.05, 3.63) is 71.3 Å². The molecule has 2 aliphatic carbocycles. The molecule has 6 rings (SSSR count). The highest BCUT2D eigenvalue weighted by Gasteiger charge is 2.64. The number of aliphatic hydroxyl groups is 1. The lowest BCUT2D eigenvalue weighted by Crippen LogP contribution is -2.64. The Morgan fingerprint density at radius 1 is 1.19 bits per heavy atom. The highest BCUT2D eigenvalue weighted by Crippen LogP contribution is 2.62. The van der Waals surface area contributed by atoms with Crippen molar-refractivity contribution in [3.8, 4) is 11.5 Å². The topological polar surface area (TPSA) is 79.0 Å². The van der Waals surface area contributed by atoms with Gasteiger partial charge >= 0.3 is 0 Å². The van der Waals surface area contributed by atoms with Crippen molar-refractivity contribution < 1.29 is 14.9 Å². The highest BCUT2D eigenvalue weighted by atomic mass is 16.5. The van der Waals surface area contributed by atoms with Crippen LogP contribution in [-0.2, 0) is 18.3 Å². The van der Waals surface area contributed by atoms with E-state index < -0.39 is 6.10 Å². The van der Waals surface area contributed by atoms with Gasteiger partial charge in [0, 0.05) is 29.0 Å². The van der Waals surface area contributed by atoms with Crippen molar-refractivity contribution in [2.45, 2.75) is 55.9 Å². The Morgan fingerprint density at radius 3 is 2.71 bits per heavy atom. The summed E-state index contributed by atoms with van der Waals surface area (Å²) in [6.07, 6.45) is 6.15. The van der Waals surface area contributed by atoms with E-state index in [9.17, 15) is 10.2 Å². The summed E-state index contributed by atoms with van der Waals surface area (Å²) >= 11 is 0. The van der Waals surface area contributed by atoms with E-state index in [-0.39, 0.29) is 23.3 Å². The lowest BCUT2D eigenvalue weighted by molar-refractivity contribution is -0.0453. The van der Waals surface area contributed by atoms with Crippen molar-refractivity contribution in [2.75, 3.05) is 13.6 Å². The van der Waals surface area contributed by atoms with Crippen molar-refractivity contribution in [3.63, 3.8) is 0 Å². The van der Waals surface area contributed by atoms with Gasteiger partial charge in [-0.1, -0.05) is 48.6 Å². The zero-order valence-corrected chi connectivity index (χ0v) is 18.2. The molecule has 5 heteroatoms. The lowest BCUT2D eigenvalue weighted by Gasteiger charge is -2.56. The van der Waals surface area contributed by atoms with Crippen LogP contribution < -0.4 is 10.5 Å². The van der Waals surface area contributed by atoms with Crippen LogP contribution in [0.15, 0.2) is 54.6 Å². The number of rotatable bonds is 2. The molecule has 5 nitrogen and oxygen atoms in total. The van der Waals surface area contributed by atoms with Gasteiger partial charge in [0.15, 0.2) is 11.5 Å². The number of piperidine rings is 1. The Morgan fingerprint density at radius 2 is 1.97 bits per heavy atom. The molecule has 31 heavy (non-hydrogen) atoms. The summed E-state index contributed by atoms with van der Waals surface area (Å²) in [6.45, 7) is 3.03. The first-order valence-corrected chi connectivity index (χ1v) is 11.3. The fourth-order valence-electron chi connectivity index (χ4n) is 6.22. The SMILES string of the molecule is CC(N)Cc1ccccc1.CN1CC[C@]23c4c5ccc(O)c4O[C@H]2[C@@H](O)C=C[C@H]3[C@H]1C5. The van der Waals surface area contributed by atoms with E-state index in [1.165, 1.54) is 16.7 Å². The van der Waals surface area contributed by atoms with Gasteiger partial charge in [0.05, 0.1) is 0 Å². The van der Waals surface area contributed by atoms with E-state index in [1.807, 2.05) is 37.3 Å². The first-order valence-electron chi connectivity index (χ1n) is 11.3. The molecule has 0 radical (unpaired) electrons. The van der Waals surface area contributed by atoms with Gasteiger partial charge in [0.2, 0.25) is 0 Å². The summed E-state index contributed by atoms with van der Waals surface area (Å²) in [6, 6.07) is 14.8. The number of likely N-dealkylation sites (N-methyl/N-ethyl adjacent to an activating group) is 1. The molecule has 164 valence electrons. The van der Waals surface area contributed by atoms with Crippen LogP contribution in [-0.4, -0.2) is 53.0 Å². The predicted octanol–water partition coefficient (Wildman–Crippen LogP) is 2.77. The van der Waals surface area contributed by atoms with Crippen LogP contribution in [0.25, 0.3) is 0 Å². The number of hydrogen-bond acceptors (Lipinski definition) is 5.